The number of carbonyl (C=O) groups excluding carboxylic acids is 2. The second-order valence-corrected chi connectivity index (χ2v) is 5.74. The number of benzene rings is 1. The molecule has 0 radical (unpaired) electrons. The highest BCUT2D eigenvalue weighted by Crippen LogP contribution is 2.28. The number of Topliss-reactive ketones (excluding diaryl/α,β-unsaturated/α-hetero) is 1. The molecule has 23 heavy (non-hydrogen) atoms. The van der Waals surface area contributed by atoms with Gasteiger partial charge in [0.2, 0.25) is 5.91 Å². The zero-order valence-electron chi connectivity index (χ0n) is 12.7. The minimum Gasteiger partial charge on any atom is -0.469 e. The normalized spacial score (nSPS) is 17.4. The lowest BCUT2D eigenvalue weighted by Gasteiger charge is -2.15. The molecular formula is C18H18FNO3. The fourth-order valence-corrected chi connectivity index (χ4v) is 2.94. The molecule has 0 N–H and O–H groups in total. The maximum absolute atomic E-state index is 13.5. The molecule has 2 heterocycles. The fourth-order valence-electron chi connectivity index (χ4n) is 2.94. The van der Waals surface area contributed by atoms with Gasteiger partial charge in [0.1, 0.15) is 11.6 Å². The number of ketones is 1. The summed E-state index contributed by atoms with van der Waals surface area (Å²) in [4.78, 5) is 26.0. The monoisotopic (exact) mass is 315 g/mol. The maximum atomic E-state index is 13.5. The Kier molecular flexibility index (Phi) is 4.55. The quantitative estimate of drug-likeness (QED) is 0.795. The van der Waals surface area contributed by atoms with Gasteiger partial charge in [-0.25, -0.2) is 4.39 Å². The number of furan rings is 1. The summed E-state index contributed by atoms with van der Waals surface area (Å²) in [5.41, 5.74) is 0.0511. The summed E-state index contributed by atoms with van der Waals surface area (Å²) in [5.74, 6) is 0.171. The molecule has 1 aromatic carbocycles. The van der Waals surface area contributed by atoms with E-state index in [1.54, 1.807) is 17.2 Å². The van der Waals surface area contributed by atoms with Crippen molar-refractivity contribution in [1.82, 2.24) is 4.90 Å². The van der Waals surface area contributed by atoms with Crippen LogP contribution < -0.4 is 0 Å². The van der Waals surface area contributed by atoms with Gasteiger partial charge in [0.25, 0.3) is 0 Å². The lowest BCUT2D eigenvalue weighted by atomic mass is 10.1. The third-order valence-corrected chi connectivity index (χ3v) is 4.23. The molecule has 0 aliphatic carbocycles. The Labute approximate surface area is 133 Å². The first-order chi connectivity index (χ1) is 11.1. The number of amides is 1. The molecule has 1 saturated heterocycles. The number of likely N-dealkylation sites (tertiary alicyclic amines) is 1. The smallest absolute Gasteiger partial charge is 0.223 e. The Morgan fingerprint density at radius 2 is 2.00 bits per heavy atom. The zero-order chi connectivity index (χ0) is 16.2. The van der Waals surface area contributed by atoms with Crippen LogP contribution in [0.1, 0.15) is 41.3 Å². The van der Waals surface area contributed by atoms with Crippen molar-refractivity contribution in [2.24, 2.45) is 0 Å². The predicted octanol–water partition coefficient (Wildman–Crippen LogP) is 3.40. The van der Waals surface area contributed by atoms with E-state index < -0.39 is 5.82 Å². The third kappa shape index (κ3) is 3.50. The van der Waals surface area contributed by atoms with Crippen LogP contribution in [0, 0.1) is 5.82 Å². The molecule has 1 atom stereocenters. The summed E-state index contributed by atoms with van der Waals surface area (Å²) in [7, 11) is 0. The Bertz CT molecular complexity index is 696. The summed E-state index contributed by atoms with van der Waals surface area (Å²) in [6, 6.07) is 9.62. The highest BCUT2D eigenvalue weighted by molar-refractivity contribution is 5.98. The van der Waals surface area contributed by atoms with E-state index >= 15 is 0 Å². The number of carbonyl (C=O) groups is 2. The Balaban J connectivity index is 1.52. The lowest BCUT2D eigenvalue weighted by Crippen LogP contribution is -2.28. The molecule has 120 valence electrons. The van der Waals surface area contributed by atoms with Gasteiger partial charge in [0.15, 0.2) is 5.78 Å². The number of hydrogen-bond donors (Lipinski definition) is 0. The SMILES string of the molecule is O=C(CCC(=O)N1CCC(c2ccco2)C1)c1ccccc1F. The first-order valence-electron chi connectivity index (χ1n) is 7.74. The van der Waals surface area contributed by atoms with Crippen LogP contribution in [0.5, 0.6) is 0 Å². The van der Waals surface area contributed by atoms with Gasteiger partial charge in [-0.2, -0.15) is 0 Å². The number of rotatable bonds is 5. The van der Waals surface area contributed by atoms with Crippen LogP contribution in [0.4, 0.5) is 4.39 Å². The fraction of sp³-hybridized carbons (Fsp3) is 0.333. The second kappa shape index (κ2) is 6.77. The zero-order valence-corrected chi connectivity index (χ0v) is 12.7. The summed E-state index contributed by atoms with van der Waals surface area (Å²) >= 11 is 0. The van der Waals surface area contributed by atoms with Crippen molar-refractivity contribution in [1.29, 1.82) is 0 Å². The Hall–Kier alpha value is -2.43. The van der Waals surface area contributed by atoms with Crippen molar-refractivity contribution in [3.8, 4) is 0 Å². The van der Waals surface area contributed by atoms with Crippen LogP contribution >= 0.6 is 0 Å². The molecule has 1 fully saturated rings. The average Bonchev–Trinajstić information content (AvgIpc) is 3.23. The highest BCUT2D eigenvalue weighted by Gasteiger charge is 2.29. The van der Waals surface area contributed by atoms with E-state index in [1.807, 2.05) is 12.1 Å². The molecular weight excluding hydrogens is 297 g/mol. The minimum absolute atomic E-state index is 0.0294. The van der Waals surface area contributed by atoms with Gasteiger partial charge in [-0.05, 0) is 30.7 Å². The largest absolute Gasteiger partial charge is 0.469 e. The van der Waals surface area contributed by atoms with Crippen LogP contribution in [0.25, 0.3) is 0 Å². The predicted molar refractivity (Wildman–Crippen MR) is 82.6 cm³/mol. The van der Waals surface area contributed by atoms with Gasteiger partial charge in [-0.3, -0.25) is 9.59 Å². The van der Waals surface area contributed by atoms with Crippen molar-refractivity contribution in [3.05, 3.63) is 59.8 Å². The standard InChI is InChI=1S/C18H18FNO3/c19-15-5-2-1-4-14(15)16(21)7-8-18(22)20-10-9-13(12-20)17-6-3-11-23-17/h1-6,11,13H,7-10,12H2. The van der Waals surface area contributed by atoms with Gasteiger partial charge in [0.05, 0.1) is 11.8 Å². The lowest BCUT2D eigenvalue weighted by molar-refractivity contribution is -0.130. The number of halogens is 1. The topological polar surface area (TPSA) is 50.5 Å². The van der Waals surface area contributed by atoms with E-state index in [0.29, 0.717) is 13.1 Å². The molecule has 0 bridgehead atoms. The Morgan fingerprint density at radius 1 is 1.17 bits per heavy atom. The molecule has 4 nitrogen and oxygen atoms in total. The van der Waals surface area contributed by atoms with E-state index in [2.05, 4.69) is 0 Å². The summed E-state index contributed by atoms with van der Waals surface area (Å²) in [5, 5.41) is 0. The van der Waals surface area contributed by atoms with Crippen molar-refractivity contribution >= 4 is 11.7 Å². The Morgan fingerprint density at radius 3 is 2.74 bits per heavy atom. The summed E-state index contributed by atoms with van der Waals surface area (Å²) < 4.78 is 18.9. The van der Waals surface area contributed by atoms with Crippen LogP contribution in [0.3, 0.4) is 0 Å². The van der Waals surface area contributed by atoms with Crippen molar-refractivity contribution in [2.75, 3.05) is 13.1 Å². The molecule has 1 aromatic heterocycles. The average molecular weight is 315 g/mol. The van der Waals surface area contributed by atoms with E-state index in [9.17, 15) is 14.0 Å². The van der Waals surface area contributed by atoms with Crippen molar-refractivity contribution in [3.63, 3.8) is 0 Å². The van der Waals surface area contributed by atoms with Gasteiger partial charge >= 0.3 is 0 Å². The third-order valence-electron chi connectivity index (χ3n) is 4.23. The van der Waals surface area contributed by atoms with E-state index in [1.165, 1.54) is 18.2 Å². The van der Waals surface area contributed by atoms with Crippen molar-refractivity contribution in [2.45, 2.75) is 25.2 Å². The molecule has 1 amide bonds. The summed E-state index contributed by atoms with van der Waals surface area (Å²) in [6.45, 7) is 1.28. The minimum atomic E-state index is -0.538. The molecule has 1 aliphatic heterocycles. The van der Waals surface area contributed by atoms with Crippen LogP contribution in [-0.2, 0) is 4.79 Å². The van der Waals surface area contributed by atoms with E-state index in [4.69, 9.17) is 4.42 Å². The first kappa shape index (κ1) is 15.5. The molecule has 1 unspecified atom stereocenters. The van der Waals surface area contributed by atoms with Crippen LogP contribution in [0.15, 0.2) is 47.1 Å². The molecule has 0 saturated carbocycles. The maximum Gasteiger partial charge on any atom is 0.223 e. The van der Waals surface area contributed by atoms with Crippen molar-refractivity contribution < 1.29 is 18.4 Å². The van der Waals surface area contributed by atoms with Crippen LogP contribution in [-0.4, -0.2) is 29.7 Å². The van der Waals surface area contributed by atoms with Gasteiger partial charge in [0, 0.05) is 31.8 Å². The molecule has 2 aromatic rings. The van der Waals surface area contributed by atoms with E-state index in [-0.39, 0.29) is 36.0 Å². The van der Waals surface area contributed by atoms with Gasteiger partial charge < -0.3 is 9.32 Å². The van der Waals surface area contributed by atoms with E-state index in [0.717, 1.165) is 12.2 Å². The number of hydrogen-bond acceptors (Lipinski definition) is 3. The number of nitrogens with zero attached hydrogens (tertiary/aromatic N) is 1. The first-order valence-corrected chi connectivity index (χ1v) is 7.74. The molecule has 5 heteroatoms. The van der Waals surface area contributed by atoms with Crippen LogP contribution in [0.2, 0.25) is 0 Å². The molecule has 0 spiro atoms. The second-order valence-electron chi connectivity index (χ2n) is 5.74. The highest BCUT2D eigenvalue weighted by atomic mass is 19.1. The molecule has 1 aliphatic rings. The van der Waals surface area contributed by atoms with Gasteiger partial charge in [-0.1, -0.05) is 12.1 Å². The summed E-state index contributed by atoms with van der Waals surface area (Å²) in [6.07, 6.45) is 2.63. The molecule has 3 rings (SSSR count). The van der Waals surface area contributed by atoms with Gasteiger partial charge in [-0.15, -0.1) is 0 Å².